The van der Waals surface area contributed by atoms with Gasteiger partial charge < -0.3 is 4.98 Å². The van der Waals surface area contributed by atoms with Crippen LogP contribution in [-0.4, -0.2) is 19.6 Å². The van der Waals surface area contributed by atoms with Crippen LogP contribution in [0.1, 0.15) is 0 Å². The molecule has 0 aliphatic carbocycles. The molecule has 2 aromatic carbocycles. The number of nitrogens with zero attached hydrogens (tertiary/aromatic N) is 3. The van der Waals surface area contributed by atoms with Crippen molar-refractivity contribution < 1.29 is 0 Å². The third-order valence-corrected chi connectivity index (χ3v) is 3.98. The van der Waals surface area contributed by atoms with Crippen LogP contribution < -0.4 is 5.56 Å². The molecule has 7 heteroatoms. The maximum absolute atomic E-state index is 12.1. The number of fused-ring (bicyclic) bond motifs is 3. The highest BCUT2D eigenvalue weighted by atomic mass is 35.5. The van der Waals surface area contributed by atoms with Gasteiger partial charge in [-0.05, 0) is 30.3 Å². The van der Waals surface area contributed by atoms with Crippen molar-refractivity contribution in [2.24, 2.45) is 0 Å². The highest BCUT2D eigenvalue weighted by molar-refractivity contribution is 6.36. The van der Waals surface area contributed by atoms with Crippen molar-refractivity contribution in [1.29, 1.82) is 0 Å². The van der Waals surface area contributed by atoms with Crippen LogP contribution in [-0.2, 0) is 0 Å². The van der Waals surface area contributed by atoms with E-state index < -0.39 is 0 Å². The lowest BCUT2D eigenvalue weighted by Crippen LogP contribution is -2.11. The average molecular weight is 331 g/mol. The van der Waals surface area contributed by atoms with Gasteiger partial charge in [0.15, 0.2) is 5.82 Å². The first-order valence-corrected chi connectivity index (χ1v) is 7.22. The molecule has 0 saturated heterocycles. The Morgan fingerprint density at radius 2 is 1.86 bits per heavy atom. The number of aromatic nitrogens is 4. The molecule has 0 unspecified atom stereocenters. The molecule has 22 heavy (non-hydrogen) atoms. The van der Waals surface area contributed by atoms with Crippen LogP contribution in [0.5, 0.6) is 0 Å². The summed E-state index contributed by atoms with van der Waals surface area (Å²) < 4.78 is 1.70. The molecule has 0 saturated carbocycles. The molecule has 0 bridgehead atoms. The van der Waals surface area contributed by atoms with Crippen molar-refractivity contribution in [1.82, 2.24) is 19.6 Å². The van der Waals surface area contributed by atoms with Gasteiger partial charge in [-0.2, -0.15) is 0 Å². The van der Waals surface area contributed by atoms with Gasteiger partial charge in [-0.15, -0.1) is 10.2 Å². The van der Waals surface area contributed by atoms with Crippen molar-refractivity contribution in [3.63, 3.8) is 0 Å². The van der Waals surface area contributed by atoms with E-state index in [0.717, 1.165) is 5.52 Å². The van der Waals surface area contributed by atoms with Gasteiger partial charge in [0, 0.05) is 10.6 Å². The van der Waals surface area contributed by atoms with Crippen LogP contribution in [0.3, 0.4) is 0 Å². The number of halogens is 2. The van der Waals surface area contributed by atoms with Crippen molar-refractivity contribution in [2.75, 3.05) is 0 Å². The number of rotatable bonds is 1. The van der Waals surface area contributed by atoms with Gasteiger partial charge >= 0.3 is 0 Å². The molecule has 2 heterocycles. The molecule has 4 aromatic rings. The van der Waals surface area contributed by atoms with Gasteiger partial charge in [0.2, 0.25) is 5.65 Å². The lowest BCUT2D eigenvalue weighted by atomic mass is 10.2. The summed E-state index contributed by atoms with van der Waals surface area (Å²) in [5.41, 5.74) is 2.07. The SMILES string of the molecule is O=c1[nH]c2ccccc2n2c(-c3ccc(Cl)cc3Cl)nnc12. The topological polar surface area (TPSA) is 63.0 Å². The Labute approximate surface area is 134 Å². The van der Waals surface area contributed by atoms with Crippen LogP contribution in [0.2, 0.25) is 10.0 Å². The summed E-state index contributed by atoms with van der Waals surface area (Å²) in [4.78, 5) is 14.9. The summed E-state index contributed by atoms with van der Waals surface area (Å²) >= 11 is 12.2. The highest BCUT2D eigenvalue weighted by Crippen LogP contribution is 2.30. The fourth-order valence-electron chi connectivity index (χ4n) is 2.46. The normalized spacial score (nSPS) is 11.4. The zero-order valence-corrected chi connectivity index (χ0v) is 12.6. The lowest BCUT2D eigenvalue weighted by Gasteiger charge is -2.06. The maximum atomic E-state index is 12.1. The maximum Gasteiger partial charge on any atom is 0.294 e. The minimum absolute atomic E-state index is 0.222. The van der Waals surface area contributed by atoms with E-state index in [1.165, 1.54) is 0 Å². The summed E-state index contributed by atoms with van der Waals surface area (Å²) in [6.45, 7) is 0. The molecule has 2 aromatic heterocycles. The second-order valence-corrected chi connectivity index (χ2v) is 5.62. The molecule has 1 N–H and O–H groups in total. The van der Waals surface area contributed by atoms with Crippen molar-refractivity contribution in [3.05, 3.63) is 62.9 Å². The Kier molecular flexibility index (Phi) is 2.92. The first-order chi connectivity index (χ1) is 10.6. The van der Waals surface area contributed by atoms with E-state index in [2.05, 4.69) is 15.2 Å². The average Bonchev–Trinajstić information content (AvgIpc) is 2.93. The van der Waals surface area contributed by atoms with E-state index in [4.69, 9.17) is 23.2 Å². The minimum Gasteiger partial charge on any atom is -0.317 e. The fourth-order valence-corrected chi connectivity index (χ4v) is 2.95. The monoisotopic (exact) mass is 330 g/mol. The van der Waals surface area contributed by atoms with E-state index in [1.54, 1.807) is 22.6 Å². The molecule has 0 fully saturated rings. The summed E-state index contributed by atoms with van der Waals surface area (Å²) in [5.74, 6) is 0.499. The number of benzene rings is 2. The van der Waals surface area contributed by atoms with Gasteiger partial charge in [0.05, 0.1) is 16.1 Å². The van der Waals surface area contributed by atoms with Gasteiger partial charge in [0.1, 0.15) is 0 Å². The molecule has 0 spiro atoms. The Bertz CT molecular complexity index is 1080. The minimum atomic E-state index is -0.303. The van der Waals surface area contributed by atoms with Crippen LogP contribution in [0.15, 0.2) is 47.3 Å². The number of aromatic amines is 1. The molecule has 0 aliphatic rings. The van der Waals surface area contributed by atoms with Gasteiger partial charge in [0.25, 0.3) is 5.56 Å². The molecule has 108 valence electrons. The Morgan fingerprint density at radius 3 is 2.68 bits per heavy atom. The third kappa shape index (κ3) is 1.90. The number of nitrogens with one attached hydrogen (secondary N) is 1. The van der Waals surface area contributed by atoms with E-state index in [-0.39, 0.29) is 11.2 Å². The zero-order chi connectivity index (χ0) is 15.3. The van der Waals surface area contributed by atoms with E-state index in [0.29, 0.717) is 26.9 Å². The van der Waals surface area contributed by atoms with Gasteiger partial charge in [-0.1, -0.05) is 35.3 Å². The summed E-state index contributed by atoms with van der Waals surface area (Å²) in [6.07, 6.45) is 0. The second-order valence-electron chi connectivity index (χ2n) is 4.78. The van der Waals surface area contributed by atoms with E-state index in [1.807, 2.05) is 24.3 Å². The molecule has 5 nitrogen and oxygen atoms in total. The number of para-hydroxylation sites is 2. The molecule has 0 amide bonds. The van der Waals surface area contributed by atoms with Crippen molar-refractivity contribution in [2.45, 2.75) is 0 Å². The third-order valence-electron chi connectivity index (χ3n) is 3.43. The molecular weight excluding hydrogens is 323 g/mol. The summed E-state index contributed by atoms with van der Waals surface area (Å²) in [6, 6.07) is 12.6. The smallest absolute Gasteiger partial charge is 0.294 e. The standard InChI is InChI=1S/C15H8Cl2N4O/c16-8-5-6-9(10(17)7-8)13-19-20-14-15(22)18-11-3-1-2-4-12(11)21(13)14/h1-7H,(H,18,22). The van der Waals surface area contributed by atoms with E-state index in [9.17, 15) is 4.79 Å². The molecule has 0 radical (unpaired) electrons. The number of H-pyrrole nitrogens is 1. The van der Waals surface area contributed by atoms with Crippen LogP contribution in [0, 0.1) is 0 Å². The number of hydrogen-bond donors (Lipinski definition) is 1. The van der Waals surface area contributed by atoms with Crippen LogP contribution >= 0.6 is 23.2 Å². The Hall–Kier alpha value is -2.37. The van der Waals surface area contributed by atoms with E-state index >= 15 is 0 Å². The second kappa shape index (κ2) is 4.83. The summed E-state index contributed by atoms with van der Waals surface area (Å²) in [5, 5.41) is 9.10. The van der Waals surface area contributed by atoms with Gasteiger partial charge in [-0.3, -0.25) is 9.20 Å². The summed E-state index contributed by atoms with van der Waals surface area (Å²) in [7, 11) is 0. The van der Waals surface area contributed by atoms with Gasteiger partial charge in [-0.25, -0.2) is 0 Å². The number of hydrogen-bond acceptors (Lipinski definition) is 3. The van der Waals surface area contributed by atoms with Crippen LogP contribution in [0.4, 0.5) is 0 Å². The predicted octanol–water partition coefficient (Wildman–Crippen LogP) is 3.54. The molecule has 0 atom stereocenters. The first-order valence-electron chi connectivity index (χ1n) is 6.47. The lowest BCUT2D eigenvalue weighted by molar-refractivity contribution is 1.11. The Morgan fingerprint density at radius 1 is 1.05 bits per heavy atom. The molecular formula is C15H8Cl2N4O. The first kappa shape index (κ1) is 13.3. The largest absolute Gasteiger partial charge is 0.317 e. The zero-order valence-electron chi connectivity index (χ0n) is 11.0. The Balaban J connectivity index is 2.17. The molecule has 0 aliphatic heterocycles. The van der Waals surface area contributed by atoms with Crippen molar-refractivity contribution >= 4 is 39.9 Å². The van der Waals surface area contributed by atoms with Crippen molar-refractivity contribution in [3.8, 4) is 11.4 Å². The quantitative estimate of drug-likeness (QED) is 0.580. The van der Waals surface area contributed by atoms with Crippen LogP contribution in [0.25, 0.3) is 28.1 Å². The molecule has 4 rings (SSSR count). The predicted molar refractivity (Wildman–Crippen MR) is 86.6 cm³/mol. The fraction of sp³-hybridized carbons (Fsp3) is 0. The highest BCUT2D eigenvalue weighted by Gasteiger charge is 2.16.